The van der Waals surface area contributed by atoms with Crippen molar-refractivity contribution in [3.8, 4) is 11.5 Å². The standard InChI is InChI=1S/C16H24N2O4/c1-16(2,22-15(17)19)7-4-8-18(3)10-12-5-6-13-14(9-12)21-11-20-13/h5-6,9H,4,7-8,10-11H2,1-3H3,(H2,17,19). The van der Waals surface area contributed by atoms with E-state index in [1.54, 1.807) is 0 Å². The molecule has 22 heavy (non-hydrogen) atoms. The summed E-state index contributed by atoms with van der Waals surface area (Å²) in [5, 5.41) is 0. The molecule has 1 aliphatic rings. The molecule has 0 aliphatic carbocycles. The third-order valence-corrected chi connectivity index (χ3v) is 3.59. The maximum absolute atomic E-state index is 10.8. The molecule has 0 radical (unpaired) electrons. The van der Waals surface area contributed by atoms with Gasteiger partial charge in [0.1, 0.15) is 5.60 Å². The van der Waals surface area contributed by atoms with Gasteiger partial charge in [-0.2, -0.15) is 0 Å². The Balaban J connectivity index is 1.76. The van der Waals surface area contributed by atoms with E-state index in [1.807, 2.05) is 32.0 Å². The fraction of sp³-hybridized carbons (Fsp3) is 0.562. The highest BCUT2D eigenvalue weighted by Crippen LogP contribution is 2.32. The minimum atomic E-state index is -0.723. The molecule has 1 aliphatic heterocycles. The summed E-state index contributed by atoms with van der Waals surface area (Å²) in [5.74, 6) is 1.61. The second-order valence-electron chi connectivity index (χ2n) is 6.21. The van der Waals surface area contributed by atoms with Gasteiger partial charge >= 0.3 is 6.09 Å². The van der Waals surface area contributed by atoms with Crippen LogP contribution in [0.3, 0.4) is 0 Å². The summed E-state index contributed by atoms with van der Waals surface area (Å²) in [7, 11) is 2.06. The number of benzene rings is 1. The van der Waals surface area contributed by atoms with Crippen LogP contribution in [0.5, 0.6) is 11.5 Å². The minimum absolute atomic E-state index is 0.295. The monoisotopic (exact) mass is 308 g/mol. The van der Waals surface area contributed by atoms with E-state index in [-0.39, 0.29) is 0 Å². The minimum Gasteiger partial charge on any atom is -0.454 e. The Morgan fingerprint density at radius 3 is 2.82 bits per heavy atom. The Morgan fingerprint density at radius 2 is 2.09 bits per heavy atom. The number of carbonyl (C=O) groups is 1. The molecule has 1 aromatic carbocycles. The van der Waals surface area contributed by atoms with E-state index in [0.717, 1.165) is 37.4 Å². The van der Waals surface area contributed by atoms with E-state index >= 15 is 0 Å². The number of primary amides is 1. The van der Waals surface area contributed by atoms with E-state index < -0.39 is 11.7 Å². The Labute approximate surface area is 131 Å². The number of nitrogens with zero attached hydrogens (tertiary/aromatic N) is 1. The second-order valence-corrected chi connectivity index (χ2v) is 6.21. The summed E-state index contributed by atoms with van der Waals surface area (Å²) in [6.45, 7) is 5.77. The van der Waals surface area contributed by atoms with Gasteiger partial charge in [0.05, 0.1) is 0 Å². The fourth-order valence-electron chi connectivity index (χ4n) is 2.53. The number of carbonyl (C=O) groups excluding carboxylic acids is 1. The summed E-state index contributed by atoms with van der Waals surface area (Å²) in [4.78, 5) is 13.0. The van der Waals surface area contributed by atoms with Gasteiger partial charge in [-0.25, -0.2) is 4.79 Å². The molecule has 0 spiro atoms. The molecule has 0 unspecified atom stereocenters. The molecule has 0 saturated carbocycles. The van der Waals surface area contributed by atoms with E-state index in [2.05, 4.69) is 11.9 Å². The molecule has 0 atom stereocenters. The lowest BCUT2D eigenvalue weighted by Gasteiger charge is -2.25. The predicted molar refractivity (Wildman–Crippen MR) is 82.9 cm³/mol. The zero-order valence-electron chi connectivity index (χ0n) is 13.4. The molecule has 0 fully saturated rings. The van der Waals surface area contributed by atoms with Crippen LogP contribution in [0.1, 0.15) is 32.3 Å². The predicted octanol–water partition coefficient (Wildman–Crippen LogP) is 2.50. The summed E-state index contributed by atoms with van der Waals surface area (Å²) in [5.41, 5.74) is 5.72. The molecule has 0 saturated heterocycles. The summed E-state index contributed by atoms with van der Waals surface area (Å²) >= 11 is 0. The van der Waals surface area contributed by atoms with Gasteiger partial charge in [-0.3, -0.25) is 0 Å². The average molecular weight is 308 g/mol. The molecule has 0 bridgehead atoms. The fourth-order valence-corrected chi connectivity index (χ4v) is 2.53. The van der Waals surface area contributed by atoms with Crippen LogP contribution in [0.2, 0.25) is 0 Å². The van der Waals surface area contributed by atoms with E-state index in [0.29, 0.717) is 6.79 Å². The molecule has 2 rings (SSSR count). The first kappa shape index (κ1) is 16.4. The van der Waals surface area contributed by atoms with Crippen molar-refractivity contribution in [2.24, 2.45) is 5.73 Å². The molecule has 6 nitrogen and oxygen atoms in total. The number of fused-ring (bicyclic) bond motifs is 1. The number of hydrogen-bond donors (Lipinski definition) is 1. The molecule has 122 valence electrons. The van der Waals surface area contributed by atoms with Crippen molar-refractivity contribution < 1.29 is 19.0 Å². The van der Waals surface area contributed by atoms with Crippen molar-refractivity contribution in [3.05, 3.63) is 23.8 Å². The van der Waals surface area contributed by atoms with Crippen molar-refractivity contribution in [3.63, 3.8) is 0 Å². The topological polar surface area (TPSA) is 74.0 Å². The molecule has 2 N–H and O–H groups in total. The van der Waals surface area contributed by atoms with Gasteiger partial charge < -0.3 is 24.8 Å². The average Bonchev–Trinajstić information content (AvgIpc) is 2.84. The Morgan fingerprint density at radius 1 is 1.36 bits per heavy atom. The van der Waals surface area contributed by atoms with Gasteiger partial charge in [-0.1, -0.05) is 6.07 Å². The van der Waals surface area contributed by atoms with Crippen LogP contribution in [0.4, 0.5) is 4.79 Å². The first-order valence-electron chi connectivity index (χ1n) is 7.41. The number of rotatable bonds is 7. The lowest BCUT2D eigenvalue weighted by molar-refractivity contribution is 0.0359. The first-order chi connectivity index (χ1) is 10.4. The highest BCUT2D eigenvalue weighted by molar-refractivity contribution is 5.65. The molecule has 0 aromatic heterocycles. The maximum Gasteiger partial charge on any atom is 0.405 e. The van der Waals surface area contributed by atoms with Crippen molar-refractivity contribution in [2.75, 3.05) is 20.4 Å². The van der Waals surface area contributed by atoms with Gasteiger partial charge in [0.25, 0.3) is 0 Å². The first-order valence-corrected chi connectivity index (χ1v) is 7.41. The van der Waals surface area contributed by atoms with Crippen molar-refractivity contribution in [2.45, 2.75) is 38.8 Å². The molecular weight excluding hydrogens is 284 g/mol. The normalized spacial score (nSPS) is 13.5. The smallest absolute Gasteiger partial charge is 0.405 e. The van der Waals surface area contributed by atoms with Crippen LogP contribution in [0, 0.1) is 0 Å². The van der Waals surface area contributed by atoms with Crippen LogP contribution in [-0.4, -0.2) is 37.0 Å². The van der Waals surface area contributed by atoms with Crippen LogP contribution >= 0.6 is 0 Å². The van der Waals surface area contributed by atoms with E-state index in [4.69, 9.17) is 19.9 Å². The number of ether oxygens (including phenoxy) is 3. The SMILES string of the molecule is CN(CCCC(C)(C)OC(N)=O)Cc1ccc2c(c1)OCO2. The van der Waals surface area contributed by atoms with E-state index in [1.165, 1.54) is 5.56 Å². The summed E-state index contributed by atoms with van der Waals surface area (Å²) in [6.07, 6.45) is 0.960. The molecule has 6 heteroatoms. The van der Waals surface area contributed by atoms with Gasteiger partial charge in [-0.15, -0.1) is 0 Å². The lowest BCUT2D eigenvalue weighted by Crippen LogP contribution is -2.32. The van der Waals surface area contributed by atoms with Gasteiger partial charge in [0.15, 0.2) is 11.5 Å². The number of amides is 1. The number of nitrogens with two attached hydrogens (primary N) is 1. The van der Waals surface area contributed by atoms with Gasteiger partial charge in [-0.05, 0) is 58.0 Å². The second kappa shape index (κ2) is 6.87. The quantitative estimate of drug-likeness (QED) is 0.837. The maximum atomic E-state index is 10.8. The van der Waals surface area contributed by atoms with Crippen molar-refractivity contribution in [1.82, 2.24) is 4.90 Å². The molecule has 1 aromatic rings. The highest BCUT2D eigenvalue weighted by Gasteiger charge is 2.21. The largest absolute Gasteiger partial charge is 0.454 e. The molecule has 1 amide bonds. The van der Waals surface area contributed by atoms with Crippen LogP contribution in [-0.2, 0) is 11.3 Å². The van der Waals surface area contributed by atoms with Crippen LogP contribution in [0.15, 0.2) is 18.2 Å². The number of hydrogen-bond acceptors (Lipinski definition) is 5. The van der Waals surface area contributed by atoms with Crippen LogP contribution in [0.25, 0.3) is 0 Å². The van der Waals surface area contributed by atoms with Crippen molar-refractivity contribution in [1.29, 1.82) is 0 Å². The third-order valence-electron chi connectivity index (χ3n) is 3.59. The van der Waals surface area contributed by atoms with E-state index in [9.17, 15) is 4.79 Å². The molecule has 1 heterocycles. The van der Waals surface area contributed by atoms with Gasteiger partial charge in [0.2, 0.25) is 6.79 Å². The summed E-state index contributed by atoms with van der Waals surface area (Å²) < 4.78 is 15.8. The van der Waals surface area contributed by atoms with Gasteiger partial charge in [0, 0.05) is 6.54 Å². The Hall–Kier alpha value is -1.95. The van der Waals surface area contributed by atoms with Crippen molar-refractivity contribution >= 4 is 6.09 Å². The zero-order valence-corrected chi connectivity index (χ0v) is 13.4. The molecular formula is C16H24N2O4. The highest BCUT2D eigenvalue weighted by atomic mass is 16.7. The zero-order chi connectivity index (χ0) is 16.2. The lowest BCUT2D eigenvalue weighted by atomic mass is 10.0. The summed E-state index contributed by atoms with van der Waals surface area (Å²) in [6, 6.07) is 6.00. The van der Waals surface area contributed by atoms with Crippen LogP contribution < -0.4 is 15.2 Å². The Kier molecular flexibility index (Phi) is 5.13. The Bertz CT molecular complexity index is 531. The third kappa shape index (κ3) is 4.80.